The van der Waals surface area contributed by atoms with Crippen molar-refractivity contribution in [3.8, 4) is 0 Å². The molecule has 1 aliphatic rings. The first-order valence-electron chi connectivity index (χ1n) is 6.05. The summed E-state index contributed by atoms with van der Waals surface area (Å²) in [6.07, 6.45) is 4.03. The summed E-state index contributed by atoms with van der Waals surface area (Å²) in [7, 11) is 0. The molecule has 0 aliphatic carbocycles. The van der Waals surface area contributed by atoms with Crippen LogP contribution in [0.25, 0.3) is 10.2 Å². The van der Waals surface area contributed by atoms with Crippen LogP contribution in [0.3, 0.4) is 0 Å². The number of hydrogen-bond donors (Lipinski definition) is 1. The molecule has 2 amide bonds. The maximum Gasteiger partial charge on any atom is 0.264 e. The van der Waals surface area contributed by atoms with Gasteiger partial charge in [0.2, 0.25) is 5.91 Å². The Morgan fingerprint density at radius 1 is 1.50 bits per heavy atom. The minimum absolute atomic E-state index is 0.207. The van der Waals surface area contributed by atoms with E-state index in [9.17, 15) is 9.59 Å². The highest BCUT2D eigenvalue weighted by Crippen LogP contribution is 2.32. The highest BCUT2D eigenvalue weighted by molar-refractivity contribution is 7.21. The molecule has 0 spiro atoms. The van der Waals surface area contributed by atoms with Gasteiger partial charge in [-0.15, -0.1) is 11.3 Å². The summed E-state index contributed by atoms with van der Waals surface area (Å²) in [5.74, 6) is -0.713. The van der Waals surface area contributed by atoms with Gasteiger partial charge in [0, 0.05) is 12.7 Å². The predicted molar refractivity (Wildman–Crippen MR) is 77.6 cm³/mol. The number of aromatic nitrogens is 1. The summed E-state index contributed by atoms with van der Waals surface area (Å²) in [4.78, 5) is 30.0. The molecule has 1 saturated heterocycles. The Morgan fingerprint density at radius 3 is 3.00 bits per heavy atom. The van der Waals surface area contributed by atoms with E-state index in [-0.39, 0.29) is 5.91 Å². The summed E-state index contributed by atoms with van der Waals surface area (Å²) < 4.78 is 0.774. The first-order valence-corrected chi connectivity index (χ1v) is 7.25. The van der Waals surface area contributed by atoms with Gasteiger partial charge in [0.1, 0.15) is 6.04 Å². The van der Waals surface area contributed by atoms with E-state index >= 15 is 0 Å². The lowest BCUT2D eigenvalue weighted by Gasteiger charge is -2.21. The number of rotatable bonds is 2. The van der Waals surface area contributed by atoms with Gasteiger partial charge in [-0.25, -0.2) is 0 Å². The minimum Gasteiger partial charge on any atom is -0.368 e. The predicted octanol–water partition coefficient (Wildman–Crippen LogP) is 1.85. The smallest absolute Gasteiger partial charge is 0.264 e. The number of thiophene rings is 1. The number of nitrogens with two attached hydrogens (primary N) is 1. The number of carbonyl (C=O) groups is 2. The maximum atomic E-state index is 12.5. The van der Waals surface area contributed by atoms with E-state index in [4.69, 9.17) is 17.3 Å². The van der Waals surface area contributed by atoms with Gasteiger partial charge in [0.05, 0.1) is 20.1 Å². The normalized spacial score (nSPS) is 18.6. The van der Waals surface area contributed by atoms with Gasteiger partial charge < -0.3 is 10.6 Å². The van der Waals surface area contributed by atoms with Crippen LogP contribution in [0.1, 0.15) is 16.1 Å². The van der Waals surface area contributed by atoms with Gasteiger partial charge in [-0.3, -0.25) is 14.6 Å². The summed E-state index contributed by atoms with van der Waals surface area (Å²) in [6, 6.07) is 2.76. The largest absolute Gasteiger partial charge is 0.368 e. The number of carbonyl (C=O) groups excluding carboxylic acids is 2. The van der Waals surface area contributed by atoms with E-state index < -0.39 is 11.9 Å². The topological polar surface area (TPSA) is 76.3 Å². The second-order valence-electron chi connectivity index (χ2n) is 4.49. The Balaban J connectivity index is 1.96. The van der Waals surface area contributed by atoms with E-state index in [1.165, 1.54) is 16.2 Å². The third kappa shape index (κ3) is 2.14. The fraction of sp³-hybridized carbons (Fsp3) is 0.231. The van der Waals surface area contributed by atoms with Crippen molar-refractivity contribution in [2.24, 2.45) is 5.73 Å². The molecule has 1 atom stereocenters. The number of fused-ring (bicyclic) bond motifs is 1. The Labute approximate surface area is 124 Å². The van der Waals surface area contributed by atoms with Crippen molar-refractivity contribution in [1.82, 2.24) is 9.88 Å². The summed E-state index contributed by atoms with van der Waals surface area (Å²) >= 11 is 7.36. The van der Waals surface area contributed by atoms with E-state index in [2.05, 4.69) is 4.98 Å². The van der Waals surface area contributed by atoms with E-state index in [1.807, 2.05) is 0 Å². The molecule has 2 N–H and O–H groups in total. The Morgan fingerprint density at radius 2 is 2.30 bits per heavy atom. The SMILES string of the molecule is NC(=O)C1[CH]CCN1C(=O)c1cc2nccc(Cl)c2s1. The van der Waals surface area contributed by atoms with E-state index in [0.29, 0.717) is 28.4 Å². The molecule has 103 valence electrons. The summed E-state index contributed by atoms with van der Waals surface area (Å²) in [5.41, 5.74) is 5.99. The van der Waals surface area contributed by atoms with Crippen LogP contribution in [0.4, 0.5) is 0 Å². The molecule has 1 radical (unpaired) electrons. The van der Waals surface area contributed by atoms with Crippen LogP contribution in [0.2, 0.25) is 5.02 Å². The van der Waals surface area contributed by atoms with E-state index in [0.717, 1.165) is 4.70 Å². The van der Waals surface area contributed by atoms with Crippen LogP contribution in [0, 0.1) is 6.42 Å². The second-order valence-corrected chi connectivity index (χ2v) is 5.95. The van der Waals surface area contributed by atoms with Crippen molar-refractivity contribution in [2.45, 2.75) is 12.5 Å². The molecule has 0 bridgehead atoms. The lowest BCUT2D eigenvalue weighted by atomic mass is 10.2. The summed E-state index contributed by atoms with van der Waals surface area (Å²) in [6.45, 7) is 0.502. The highest BCUT2D eigenvalue weighted by atomic mass is 35.5. The quantitative estimate of drug-likeness (QED) is 0.920. The van der Waals surface area contributed by atoms with Gasteiger partial charge in [0.25, 0.3) is 5.91 Å². The zero-order valence-electron chi connectivity index (χ0n) is 10.4. The molecule has 20 heavy (non-hydrogen) atoms. The van der Waals surface area contributed by atoms with Gasteiger partial charge >= 0.3 is 0 Å². The number of pyridine rings is 1. The lowest BCUT2D eigenvalue weighted by molar-refractivity contribution is -0.120. The first kappa shape index (κ1) is 13.3. The zero-order valence-corrected chi connectivity index (χ0v) is 11.9. The Kier molecular flexibility index (Phi) is 3.35. The van der Waals surface area contributed by atoms with Crippen LogP contribution in [0.15, 0.2) is 18.3 Å². The molecule has 1 unspecified atom stereocenters. The van der Waals surface area contributed by atoms with Crippen molar-refractivity contribution in [3.05, 3.63) is 34.7 Å². The van der Waals surface area contributed by atoms with Crippen LogP contribution in [-0.2, 0) is 4.79 Å². The minimum atomic E-state index is -0.629. The van der Waals surface area contributed by atoms with Gasteiger partial charge in [-0.05, 0) is 25.0 Å². The number of nitrogens with zero attached hydrogens (tertiary/aromatic N) is 2. The van der Waals surface area contributed by atoms with Crippen LogP contribution in [-0.4, -0.2) is 34.3 Å². The molecule has 0 saturated carbocycles. The van der Waals surface area contributed by atoms with Gasteiger partial charge in [-0.2, -0.15) is 0 Å². The number of likely N-dealkylation sites (tertiary alicyclic amines) is 1. The average Bonchev–Trinajstić information content (AvgIpc) is 3.05. The molecule has 1 aliphatic heterocycles. The second kappa shape index (κ2) is 5.03. The Hall–Kier alpha value is -1.66. The van der Waals surface area contributed by atoms with Crippen molar-refractivity contribution in [2.75, 3.05) is 6.54 Å². The molecule has 2 aromatic rings. The third-order valence-corrected chi connectivity index (χ3v) is 4.80. The number of hydrogen-bond acceptors (Lipinski definition) is 4. The van der Waals surface area contributed by atoms with Gasteiger partial charge in [0.15, 0.2) is 0 Å². The molecular weight excluding hydrogens is 298 g/mol. The molecule has 2 aromatic heterocycles. The van der Waals surface area contributed by atoms with Crippen molar-refractivity contribution in [3.63, 3.8) is 0 Å². The molecule has 0 aromatic carbocycles. The lowest BCUT2D eigenvalue weighted by Crippen LogP contribution is -2.43. The van der Waals surface area contributed by atoms with Crippen molar-refractivity contribution < 1.29 is 9.59 Å². The monoisotopic (exact) mass is 308 g/mol. The number of halogens is 1. The molecule has 1 fully saturated rings. The van der Waals surface area contributed by atoms with Crippen molar-refractivity contribution in [1.29, 1.82) is 0 Å². The van der Waals surface area contributed by atoms with Crippen LogP contribution >= 0.6 is 22.9 Å². The summed E-state index contributed by atoms with van der Waals surface area (Å²) in [5, 5.41) is 0.568. The zero-order chi connectivity index (χ0) is 14.3. The molecule has 3 rings (SSSR count). The van der Waals surface area contributed by atoms with E-state index in [1.54, 1.807) is 24.8 Å². The fourth-order valence-corrected chi connectivity index (χ4v) is 3.54. The molecule has 7 heteroatoms. The van der Waals surface area contributed by atoms with Crippen molar-refractivity contribution >= 4 is 45.0 Å². The number of amides is 2. The average molecular weight is 309 g/mol. The highest BCUT2D eigenvalue weighted by Gasteiger charge is 2.34. The number of primary amides is 1. The molecule has 3 heterocycles. The maximum absolute atomic E-state index is 12.5. The van der Waals surface area contributed by atoms with Crippen LogP contribution < -0.4 is 5.73 Å². The standard InChI is InChI=1S/C13H11ClN3O2S/c14-7-3-4-16-8-6-10(20-11(7)8)13(19)17-5-1-2-9(17)12(15)18/h2-4,6,9H,1,5H2,(H2,15,18). The van der Waals surface area contributed by atoms with Crippen LogP contribution in [0.5, 0.6) is 0 Å². The van der Waals surface area contributed by atoms with Gasteiger partial charge in [-0.1, -0.05) is 11.6 Å². The fourth-order valence-electron chi connectivity index (χ4n) is 2.29. The molecule has 5 nitrogen and oxygen atoms in total. The Bertz CT molecular complexity index is 700. The molecular formula is C13H11ClN3O2S. The first-order chi connectivity index (χ1) is 9.58. The third-order valence-electron chi connectivity index (χ3n) is 3.22.